The number of likely N-dealkylation sites (tertiary alicyclic amines) is 1. The number of cyclic esters (lactones) is 1. The van der Waals surface area contributed by atoms with Gasteiger partial charge in [-0.1, -0.05) is 17.8 Å². The van der Waals surface area contributed by atoms with Crippen molar-refractivity contribution in [1.29, 1.82) is 0 Å². The van der Waals surface area contributed by atoms with Gasteiger partial charge in [0, 0.05) is 18.3 Å². The summed E-state index contributed by atoms with van der Waals surface area (Å²) in [5, 5.41) is 17.7. The summed E-state index contributed by atoms with van der Waals surface area (Å²) in [6.45, 7) is 4.17. The molecule has 3 N–H and O–H groups in total. The van der Waals surface area contributed by atoms with Gasteiger partial charge in [0.05, 0.1) is 22.9 Å². The van der Waals surface area contributed by atoms with Gasteiger partial charge in [0.25, 0.3) is 0 Å². The Balaban J connectivity index is 1.23. The number of ether oxygens (including phenoxy) is 1. The average Bonchev–Trinajstić information content (AvgIpc) is 3.50. The molecule has 2 saturated heterocycles. The van der Waals surface area contributed by atoms with Gasteiger partial charge in [0.2, 0.25) is 0 Å². The maximum absolute atomic E-state index is 12.0. The van der Waals surface area contributed by atoms with E-state index in [9.17, 15) is 9.90 Å². The molecule has 1 amide bonds. The van der Waals surface area contributed by atoms with Crippen LogP contribution in [0.5, 0.6) is 0 Å². The lowest BCUT2D eigenvalue weighted by atomic mass is 9.93. The first-order valence-electron chi connectivity index (χ1n) is 13.4. The van der Waals surface area contributed by atoms with Crippen LogP contribution in [0.2, 0.25) is 0 Å². The van der Waals surface area contributed by atoms with Gasteiger partial charge in [-0.15, -0.1) is 0 Å². The second kappa shape index (κ2) is 10.8. The number of fused-ring (bicyclic) bond motifs is 1. The number of hydrogen-bond donors (Lipinski definition) is 3. The third-order valence-electron chi connectivity index (χ3n) is 7.47. The quantitative estimate of drug-likeness (QED) is 0.394. The third kappa shape index (κ3) is 5.81. The first-order chi connectivity index (χ1) is 18.1. The van der Waals surface area contributed by atoms with Gasteiger partial charge in [-0.05, 0) is 87.5 Å². The van der Waals surface area contributed by atoms with Gasteiger partial charge in [-0.25, -0.2) is 14.8 Å². The fraction of sp³-hybridized carbons (Fsp3) is 0.519. The van der Waals surface area contributed by atoms with Crippen molar-refractivity contribution in [3.8, 4) is 0 Å². The van der Waals surface area contributed by atoms with Crippen molar-refractivity contribution in [2.45, 2.75) is 63.6 Å². The van der Waals surface area contributed by atoms with Gasteiger partial charge < -0.3 is 20.5 Å². The Kier molecular flexibility index (Phi) is 7.12. The normalized spacial score (nSPS) is 22.8. The van der Waals surface area contributed by atoms with Crippen molar-refractivity contribution >= 4 is 50.1 Å². The molecule has 0 atom stereocenters. The van der Waals surface area contributed by atoms with E-state index in [1.807, 2.05) is 18.2 Å². The molecule has 1 aromatic carbocycles. The summed E-state index contributed by atoms with van der Waals surface area (Å²) in [6.07, 6.45) is 6.92. The Morgan fingerprint density at radius 2 is 1.81 bits per heavy atom. The number of nitrogens with one attached hydrogen (secondary N) is 2. The van der Waals surface area contributed by atoms with E-state index in [0.717, 1.165) is 78.0 Å². The molecule has 9 nitrogen and oxygen atoms in total. The van der Waals surface area contributed by atoms with Crippen molar-refractivity contribution in [3.63, 3.8) is 0 Å². The summed E-state index contributed by atoms with van der Waals surface area (Å²) < 4.78 is 6.09. The molecule has 0 radical (unpaired) electrons. The molecule has 3 aliphatic rings. The Labute approximate surface area is 220 Å². The van der Waals surface area contributed by atoms with Crippen molar-refractivity contribution < 1.29 is 14.6 Å². The standard InChI is InChI=1S/C27H34N6O3S/c34-21-7-4-19(5-8-21)28-24-14-18(17-32-10-2-1-3-11-32)15-25(30-24)31-26-29-22-9-6-20(16-23(22)37-26)33-12-13-36-27(33)35/h6,9,14-16,19,21,34H,1-5,7-8,10-13,17H2,(H2,28,29,30,31). The first kappa shape index (κ1) is 24.4. The number of anilines is 4. The van der Waals surface area contributed by atoms with Crippen molar-refractivity contribution in [3.05, 3.63) is 35.9 Å². The highest BCUT2D eigenvalue weighted by Gasteiger charge is 2.24. The highest BCUT2D eigenvalue weighted by atomic mass is 32.1. The second-order valence-electron chi connectivity index (χ2n) is 10.3. The van der Waals surface area contributed by atoms with Crippen LogP contribution in [0, 0.1) is 0 Å². The van der Waals surface area contributed by atoms with Gasteiger partial charge >= 0.3 is 6.09 Å². The number of nitrogens with zero attached hydrogens (tertiary/aromatic N) is 4. The van der Waals surface area contributed by atoms with Gasteiger partial charge in [0.15, 0.2) is 5.13 Å². The summed E-state index contributed by atoms with van der Waals surface area (Å²) in [7, 11) is 0. The predicted molar refractivity (Wildman–Crippen MR) is 147 cm³/mol. The van der Waals surface area contributed by atoms with Gasteiger partial charge in [-0.2, -0.15) is 0 Å². The molecule has 0 bridgehead atoms. The van der Waals surface area contributed by atoms with E-state index in [4.69, 9.17) is 14.7 Å². The number of carbonyl (C=O) groups excluding carboxylic acids is 1. The molecule has 2 aromatic heterocycles. The lowest BCUT2D eigenvalue weighted by Gasteiger charge is -2.28. The fourth-order valence-corrected chi connectivity index (χ4v) is 6.40. The first-order valence-corrected chi connectivity index (χ1v) is 14.2. The number of hydrogen-bond acceptors (Lipinski definition) is 9. The fourth-order valence-electron chi connectivity index (χ4n) is 5.49. The minimum absolute atomic E-state index is 0.177. The Bertz CT molecular complexity index is 1250. The van der Waals surface area contributed by atoms with Crippen LogP contribution in [0.3, 0.4) is 0 Å². The number of piperidine rings is 1. The van der Waals surface area contributed by atoms with E-state index in [1.165, 1.54) is 24.8 Å². The smallest absolute Gasteiger partial charge is 0.414 e. The van der Waals surface area contributed by atoms with E-state index in [2.05, 4.69) is 27.7 Å². The molecular weight excluding hydrogens is 488 g/mol. The zero-order valence-corrected chi connectivity index (χ0v) is 21.8. The van der Waals surface area contributed by atoms with Gasteiger partial charge in [0.1, 0.15) is 18.2 Å². The van der Waals surface area contributed by atoms with Crippen LogP contribution in [0.25, 0.3) is 10.2 Å². The molecular formula is C27H34N6O3S. The molecule has 4 heterocycles. The molecule has 6 rings (SSSR count). The third-order valence-corrected chi connectivity index (χ3v) is 8.40. The number of carbonyl (C=O) groups is 1. The molecule has 1 aliphatic carbocycles. The van der Waals surface area contributed by atoms with E-state index in [-0.39, 0.29) is 12.2 Å². The molecule has 37 heavy (non-hydrogen) atoms. The monoisotopic (exact) mass is 522 g/mol. The minimum Gasteiger partial charge on any atom is -0.447 e. The van der Waals surface area contributed by atoms with E-state index >= 15 is 0 Å². The molecule has 0 unspecified atom stereocenters. The highest BCUT2D eigenvalue weighted by Crippen LogP contribution is 2.33. The second-order valence-corrected chi connectivity index (χ2v) is 11.3. The van der Waals surface area contributed by atoms with Crippen LogP contribution in [0.15, 0.2) is 30.3 Å². The summed E-state index contributed by atoms with van der Waals surface area (Å²) in [6, 6.07) is 10.5. The molecule has 1 saturated carbocycles. The maximum atomic E-state index is 12.0. The van der Waals surface area contributed by atoms with Gasteiger partial charge in [-0.3, -0.25) is 9.80 Å². The minimum atomic E-state index is -0.301. The van der Waals surface area contributed by atoms with Crippen LogP contribution in [-0.4, -0.2) is 64.5 Å². The topological polar surface area (TPSA) is 103 Å². The summed E-state index contributed by atoms with van der Waals surface area (Å²) in [5.41, 5.74) is 2.94. The van der Waals surface area contributed by atoms with Crippen molar-refractivity contribution in [2.75, 3.05) is 41.8 Å². The maximum Gasteiger partial charge on any atom is 0.414 e. The van der Waals surface area contributed by atoms with E-state index in [0.29, 0.717) is 19.2 Å². The number of amides is 1. The summed E-state index contributed by atoms with van der Waals surface area (Å²) >= 11 is 1.55. The number of benzene rings is 1. The number of aliphatic hydroxyl groups is 1. The van der Waals surface area contributed by atoms with Crippen LogP contribution in [0.1, 0.15) is 50.5 Å². The Hall–Kier alpha value is -2.95. The highest BCUT2D eigenvalue weighted by molar-refractivity contribution is 7.22. The number of pyridine rings is 1. The number of aromatic nitrogens is 2. The molecule has 196 valence electrons. The molecule has 2 aliphatic heterocycles. The van der Waals surface area contributed by atoms with Crippen LogP contribution in [-0.2, 0) is 11.3 Å². The number of thiazole rings is 1. The molecule has 3 fully saturated rings. The van der Waals surface area contributed by atoms with Crippen molar-refractivity contribution in [1.82, 2.24) is 14.9 Å². The SMILES string of the molecule is O=C1OCCN1c1ccc2nc(Nc3cc(CN4CCCCC4)cc(NC4CCC(O)CC4)n3)sc2c1. The van der Waals surface area contributed by atoms with Crippen LogP contribution >= 0.6 is 11.3 Å². The van der Waals surface area contributed by atoms with E-state index in [1.54, 1.807) is 16.2 Å². The van der Waals surface area contributed by atoms with Crippen molar-refractivity contribution in [2.24, 2.45) is 0 Å². The molecule has 0 spiro atoms. The number of aliphatic hydroxyl groups excluding tert-OH is 1. The molecule has 3 aromatic rings. The van der Waals surface area contributed by atoms with Crippen LogP contribution in [0.4, 0.5) is 27.2 Å². The molecule has 10 heteroatoms. The lowest BCUT2D eigenvalue weighted by Crippen LogP contribution is -2.30. The Morgan fingerprint density at radius 1 is 1.00 bits per heavy atom. The number of rotatable bonds is 7. The van der Waals surface area contributed by atoms with Crippen LogP contribution < -0.4 is 15.5 Å². The summed E-state index contributed by atoms with van der Waals surface area (Å²) in [4.78, 5) is 25.8. The average molecular weight is 523 g/mol. The predicted octanol–water partition coefficient (Wildman–Crippen LogP) is 5.09. The van der Waals surface area contributed by atoms with E-state index < -0.39 is 0 Å². The lowest BCUT2D eigenvalue weighted by molar-refractivity contribution is 0.126. The zero-order chi connectivity index (χ0) is 25.2. The largest absolute Gasteiger partial charge is 0.447 e. The Morgan fingerprint density at radius 3 is 2.59 bits per heavy atom. The zero-order valence-electron chi connectivity index (χ0n) is 21.0. The summed E-state index contributed by atoms with van der Waals surface area (Å²) in [5.74, 6) is 1.64.